The average Bonchev–Trinajstić information content (AvgIpc) is 3.31. The first-order valence-corrected chi connectivity index (χ1v) is 17.9. The fraction of sp³-hybridized carbons (Fsp3) is 0. The first-order valence-electron chi connectivity index (χ1n) is 17.9. The number of fused-ring (bicyclic) bond motifs is 2. The molecule has 0 saturated carbocycles. The van der Waals surface area contributed by atoms with Gasteiger partial charge in [-0.2, -0.15) is 0 Å². The van der Waals surface area contributed by atoms with Gasteiger partial charge in [0.1, 0.15) is 52.7 Å². The Kier molecular flexibility index (Phi) is 12.2. The van der Waals surface area contributed by atoms with E-state index in [-0.39, 0.29) is 0 Å². The first-order chi connectivity index (χ1) is 31.1. The van der Waals surface area contributed by atoms with Crippen molar-refractivity contribution in [1.29, 1.82) is 0 Å². The fourth-order valence-corrected chi connectivity index (χ4v) is 7.43. The number of hydrogen-bond acceptors (Lipinski definition) is 1. The van der Waals surface area contributed by atoms with Crippen molar-refractivity contribution in [1.82, 2.24) is 0 Å². The van der Waals surface area contributed by atoms with Gasteiger partial charge in [0.2, 0.25) is 18.1 Å². The van der Waals surface area contributed by atoms with Crippen LogP contribution >= 0.6 is 0 Å². The van der Waals surface area contributed by atoms with E-state index < -0.39 is 144 Å². The van der Waals surface area contributed by atoms with Crippen molar-refractivity contribution in [3.63, 3.8) is 0 Å². The van der Waals surface area contributed by atoms with Gasteiger partial charge in [-0.3, -0.25) is 0 Å². The van der Waals surface area contributed by atoms with Crippen LogP contribution in [0.15, 0.2) is 85.2 Å². The van der Waals surface area contributed by atoms with Gasteiger partial charge in [-0.15, -0.1) is 21.9 Å². The maximum Gasteiger partial charge on any atom is 0.230 e. The van der Waals surface area contributed by atoms with Crippen molar-refractivity contribution in [2.75, 3.05) is 0 Å². The van der Waals surface area contributed by atoms with Crippen LogP contribution in [-0.2, 0) is 0 Å². The van der Waals surface area contributed by atoms with Crippen molar-refractivity contribution < 1.29 is 97.4 Å². The van der Waals surface area contributed by atoms with Crippen molar-refractivity contribution >= 4 is 49.5 Å². The Morgan fingerprint density at radius 1 is 0.288 bits per heavy atom. The second kappa shape index (κ2) is 17.2. The summed E-state index contributed by atoms with van der Waals surface area (Å²) in [5, 5.41) is 4.65. The smallest absolute Gasteiger partial charge is 0.230 e. The summed E-state index contributed by atoms with van der Waals surface area (Å²) in [7, 11) is 0. The molecule has 8 rings (SSSR count). The van der Waals surface area contributed by atoms with Gasteiger partial charge < -0.3 is 0 Å². The Hall–Kier alpha value is -7.33. The molecule has 0 aliphatic rings. The lowest BCUT2D eigenvalue weighted by Gasteiger charge is -2.44. The third kappa shape index (κ3) is 7.07. The number of rotatable bonds is 6. The SMILES string of the molecule is Fc1c(F)c(F)c([B-](c2c(F)c(F)c(F)c(F)c2F)(c2c(F)c(F)c(F)c(F)c2F)c2c(F)c(F)c(F)c(F)c2F)c(F)c1F.c1ccc2c[n+](Oc3cccc4ccccc34)ccc2c1. The monoisotopic (exact) mass is 951 g/mol. The van der Waals surface area contributed by atoms with Gasteiger partial charge in [-0.1, -0.05) is 54.6 Å². The summed E-state index contributed by atoms with van der Waals surface area (Å²) in [6, 6.07) is 24.6. The highest BCUT2D eigenvalue weighted by atomic mass is 19.2. The zero-order chi connectivity index (χ0) is 48.4. The Balaban J connectivity index is 0.000000254. The molecule has 0 spiro atoms. The zero-order valence-corrected chi connectivity index (χ0v) is 31.6. The lowest BCUT2D eigenvalue weighted by Crippen LogP contribution is -2.81. The summed E-state index contributed by atoms with van der Waals surface area (Å²) < 4.78 is 296. The molecule has 1 heterocycles. The molecule has 0 N–H and O–H groups in total. The number of pyridine rings is 1. The van der Waals surface area contributed by atoms with Crippen LogP contribution in [-0.4, -0.2) is 6.15 Å². The maximum absolute atomic E-state index is 15.4. The quantitative estimate of drug-likeness (QED) is 0.0533. The second-order valence-electron chi connectivity index (χ2n) is 13.8. The van der Waals surface area contributed by atoms with E-state index in [1.807, 2.05) is 48.8 Å². The Bertz CT molecular complexity index is 2920. The minimum atomic E-state index is -7.22. The van der Waals surface area contributed by atoms with Gasteiger partial charge in [0.15, 0.2) is 69.8 Å². The summed E-state index contributed by atoms with van der Waals surface area (Å²) in [6.07, 6.45) is -3.29. The largest absolute Gasteiger partial charge is 0.231 e. The molecule has 340 valence electrons. The fourth-order valence-electron chi connectivity index (χ4n) is 7.43. The molecule has 7 aromatic carbocycles. The van der Waals surface area contributed by atoms with E-state index in [2.05, 4.69) is 36.4 Å². The molecule has 0 atom stereocenters. The van der Waals surface area contributed by atoms with Crippen molar-refractivity contribution in [2.45, 2.75) is 0 Å². The molecule has 1 aromatic heterocycles. The summed E-state index contributed by atoms with van der Waals surface area (Å²) in [6.45, 7) is 0. The molecule has 2 nitrogen and oxygen atoms in total. The Labute approximate surface area is 354 Å². The highest BCUT2D eigenvalue weighted by Crippen LogP contribution is 2.31. The first kappa shape index (κ1) is 46.7. The van der Waals surface area contributed by atoms with Crippen LogP contribution in [0.4, 0.5) is 87.8 Å². The van der Waals surface area contributed by atoms with Gasteiger partial charge in [-0.05, 0) is 22.9 Å². The normalized spacial score (nSPS) is 11.6. The standard InChI is InChI=1S/C24BF20.C19H14NO/c26-5-1(6(27)14(35)21(42)13(5)34)25(2-7(28)15(36)22(43)16(37)8(2)29,3-9(30)17(38)23(44)18(39)10(3)31)4-11(32)19(40)24(45)20(41)12(4)33;1-2-8-17-14-20(13-12-15(17)6-1)21-19-11-5-9-16-7-3-4-10-18(16)19/h;1-14H/q-1;+1. The summed E-state index contributed by atoms with van der Waals surface area (Å²) >= 11 is 0. The van der Waals surface area contributed by atoms with Crippen LogP contribution in [0, 0.1) is 116 Å². The van der Waals surface area contributed by atoms with Gasteiger partial charge in [0.05, 0.1) is 5.39 Å². The minimum absolute atomic E-state index is 0.855. The topological polar surface area (TPSA) is 13.1 Å². The van der Waals surface area contributed by atoms with Crippen molar-refractivity contribution in [3.8, 4) is 5.75 Å². The van der Waals surface area contributed by atoms with E-state index in [4.69, 9.17) is 4.84 Å². The van der Waals surface area contributed by atoms with Crippen LogP contribution < -0.4 is 31.4 Å². The molecule has 0 unspecified atom stereocenters. The third-order valence-electron chi connectivity index (χ3n) is 10.3. The van der Waals surface area contributed by atoms with Crippen LogP contribution in [0.2, 0.25) is 0 Å². The number of hydrogen-bond donors (Lipinski definition) is 0. The van der Waals surface area contributed by atoms with Gasteiger partial charge >= 0.3 is 0 Å². The van der Waals surface area contributed by atoms with Crippen LogP contribution in [0.3, 0.4) is 0 Å². The molecule has 23 heteroatoms. The predicted molar refractivity (Wildman–Crippen MR) is 193 cm³/mol. The van der Waals surface area contributed by atoms with Crippen LogP contribution in [0.1, 0.15) is 0 Å². The molecule has 0 aliphatic heterocycles. The molecule has 0 aliphatic carbocycles. The zero-order valence-electron chi connectivity index (χ0n) is 31.6. The van der Waals surface area contributed by atoms with Crippen LogP contribution in [0.25, 0.3) is 21.5 Å². The second-order valence-corrected chi connectivity index (χ2v) is 13.8. The van der Waals surface area contributed by atoms with Crippen molar-refractivity contribution in [3.05, 3.63) is 202 Å². The summed E-state index contributed by atoms with van der Waals surface area (Å²) in [4.78, 5) is 6.02. The molecule has 0 bridgehead atoms. The highest BCUT2D eigenvalue weighted by Gasteiger charge is 2.52. The minimum Gasteiger partial charge on any atom is -0.231 e. The molecular weight excluding hydrogens is 937 g/mol. The van der Waals surface area contributed by atoms with Gasteiger partial charge in [0, 0.05) is 16.2 Å². The maximum atomic E-state index is 15.4. The van der Waals surface area contributed by atoms with Gasteiger partial charge in [0.25, 0.3) is 0 Å². The molecule has 8 aromatic rings. The highest BCUT2D eigenvalue weighted by molar-refractivity contribution is 7.20. The predicted octanol–water partition coefficient (Wildman–Crippen LogP) is 9.97. The van der Waals surface area contributed by atoms with E-state index in [9.17, 15) is 52.7 Å². The Morgan fingerprint density at radius 3 is 0.939 bits per heavy atom. The van der Waals surface area contributed by atoms with Crippen LogP contribution in [0.5, 0.6) is 5.75 Å². The van der Waals surface area contributed by atoms with E-state index in [1.54, 1.807) is 4.73 Å². The number of aromatic nitrogens is 1. The van der Waals surface area contributed by atoms with Crippen molar-refractivity contribution in [2.24, 2.45) is 0 Å². The third-order valence-corrected chi connectivity index (χ3v) is 10.3. The van der Waals surface area contributed by atoms with E-state index in [1.165, 1.54) is 10.8 Å². The molecule has 0 radical (unpaired) electrons. The Morgan fingerprint density at radius 2 is 0.576 bits per heavy atom. The average molecular weight is 951 g/mol. The number of benzene rings is 7. The van der Waals surface area contributed by atoms with E-state index >= 15 is 35.1 Å². The molecule has 0 amide bonds. The molecule has 0 fully saturated rings. The summed E-state index contributed by atoms with van der Waals surface area (Å²) in [5.74, 6) is -70.5. The van der Waals surface area contributed by atoms with E-state index in [0.29, 0.717) is 0 Å². The number of nitrogens with zero attached hydrogens (tertiary/aromatic N) is 1. The molecule has 66 heavy (non-hydrogen) atoms. The lowest BCUT2D eigenvalue weighted by atomic mass is 9.12. The lowest BCUT2D eigenvalue weighted by molar-refractivity contribution is -0.873. The van der Waals surface area contributed by atoms with E-state index in [0.717, 1.165) is 16.5 Å². The molecule has 0 saturated heterocycles. The summed E-state index contributed by atoms with van der Waals surface area (Å²) in [5.41, 5.74) is -14.3. The molecular formula is C43H14BF20NO. The number of halogens is 20. The van der Waals surface area contributed by atoms with Gasteiger partial charge in [-0.25, -0.2) is 92.6 Å².